The summed E-state index contributed by atoms with van der Waals surface area (Å²) in [5.41, 5.74) is 3.51. The van der Waals surface area contributed by atoms with E-state index in [-0.39, 0.29) is 0 Å². The number of rotatable bonds is 5. The summed E-state index contributed by atoms with van der Waals surface area (Å²) in [5.74, 6) is 2.72. The number of benzene rings is 1. The molecular weight excluding hydrogens is 348 g/mol. The molecule has 1 saturated heterocycles. The molecule has 1 fully saturated rings. The lowest BCUT2D eigenvalue weighted by Crippen LogP contribution is -2.47. The minimum Gasteiger partial charge on any atom is -0.353 e. The Bertz CT molecular complexity index is 919. The first-order valence-electron chi connectivity index (χ1n) is 9.74. The number of anilines is 3. The summed E-state index contributed by atoms with van der Waals surface area (Å²) in [4.78, 5) is 18.4. The summed E-state index contributed by atoms with van der Waals surface area (Å²) in [7, 11) is 0. The lowest BCUT2D eigenvalue weighted by atomic mass is 10.1. The first kappa shape index (κ1) is 18.2. The highest BCUT2D eigenvalue weighted by Gasteiger charge is 2.19. The summed E-state index contributed by atoms with van der Waals surface area (Å²) < 4.78 is 0. The summed E-state index contributed by atoms with van der Waals surface area (Å²) in [6, 6.07) is 16.5. The van der Waals surface area contributed by atoms with Gasteiger partial charge in [0, 0.05) is 50.7 Å². The Morgan fingerprint density at radius 1 is 0.857 bits per heavy atom. The van der Waals surface area contributed by atoms with E-state index in [0.29, 0.717) is 5.95 Å². The number of pyridine rings is 1. The fourth-order valence-corrected chi connectivity index (χ4v) is 3.48. The standard InChI is InChI=1S/C22H26N6/c1-17-7-3-4-8-19(17)16-24-22-25-18(2)15-21(26-22)28-13-11-27(12-14-28)20-9-5-6-10-23-20/h3-10,15H,11-14,16H2,1-2H3,(H,24,25,26). The molecule has 1 N–H and O–H groups in total. The predicted molar refractivity (Wildman–Crippen MR) is 114 cm³/mol. The van der Waals surface area contributed by atoms with Crippen molar-refractivity contribution in [2.24, 2.45) is 0 Å². The SMILES string of the molecule is Cc1cc(N2CCN(c3ccccn3)CC2)nc(NCc2ccccc2C)n1. The number of aryl methyl sites for hydroxylation is 2. The minimum absolute atomic E-state index is 0.686. The molecule has 3 aromatic rings. The van der Waals surface area contributed by atoms with Crippen molar-refractivity contribution in [1.82, 2.24) is 15.0 Å². The van der Waals surface area contributed by atoms with E-state index in [1.165, 1.54) is 11.1 Å². The van der Waals surface area contributed by atoms with E-state index in [1.54, 1.807) is 0 Å². The normalized spacial score (nSPS) is 14.2. The largest absolute Gasteiger partial charge is 0.353 e. The van der Waals surface area contributed by atoms with Gasteiger partial charge in [-0.15, -0.1) is 0 Å². The average Bonchev–Trinajstić information content (AvgIpc) is 2.74. The Morgan fingerprint density at radius 3 is 2.29 bits per heavy atom. The number of nitrogens with zero attached hydrogens (tertiary/aromatic N) is 5. The second kappa shape index (κ2) is 8.25. The van der Waals surface area contributed by atoms with Gasteiger partial charge in [0.2, 0.25) is 5.95 Å². The number of piperazine rings is 1. The van der Waals surface area contributed by atoms with Crippen molar-refractivity contribution in [1.29, 1.82) is 0 Å². The predicted octanol–water partition coefficient (Wildman–Crippen LogP) is 3.43. The second-order valence-electron chi connectivity index (χ2n) is 7.13. The van der Waals surface area contributed by atoms with Crippen molar-refractivity contribution < 1.29 is 0 Å². The van der Waals surface area contributed by atoms with E-state index < -0.39 is 0 Å². The van der Waals surface area contributed by atoms with Crippen LogP contribution in [0.5, 0.6) is 0 Å². The van der Waals surface area contributed by atoms with Gasteiger partial charge >= 0.3 is 0 Å². The van der Waals surface area contributed by atoms with Crippen molar-refractivity contribution in [2.75, 3.05) is 41.3 Å². The highest BCUT2D eigenvalue weighted by atomic mass is 15.3. The summed E-state index contributed by atoms with van der Waals surface area (Å²) >= 11 is 0. The van der Waals surface area contributed by atoms with Gasteiger partial charge in [-0.1, -0.05) is 30.3 Å². The van der Waals surface area contributed by atoms with Crippen LogP contribution in [-0.2, 0) is 6.54 Å². The molecule has 6 nitrogen and oxygen atoms in total. The molecule has 4 rings (SSSR count). The summed E-state index contributed by atoms with van der Waals surface area (Å²) in [6.45, 7) is 8.59. The van der Waals surface area contributed by atoms with Crippen molar-refractivity contribution >= 4 is 17.6 Å². The van der Waals surface area contributed by atoms with Gasteiger partial charge in [-0.3, -0.25) is 0 Å². The van der Waals surface area contributed by atoms with Gasteiger partial charge < -0.3 is 15.1 Å². The summed E-state index contributed by atoms with van der Waals surface area (Å²) in [5, 5.41) is 3.39. The van der Waals surface area contributed by atoms with Crippen molar-refractivity contribution in [2.45, 2.75) is 20.4 Å². The lowest BCUT2D eigenvalue weighted by Gasteiger charge is -2.36. The van der Waals surface area contributed by atoms with E-state index >= 15 is 0 Å². The molecule has 0 spiro atoms. The maximum absolute atomic E-state index is 4.77. The van der Waals surface area contributed by atoms with Crippen LogP contribution in [0.4, 0.5) is 17.6 Å². The quantitative estimate of drug-likeness (QED) is 0.738. The van der Waals surface area contributed by atoms with Crippen LogP contribution in [0, 0.1) is 13.8 Å². The number of aromatic nitrogens is 3. The first-order chi connectivity index (χ1) is 13.7. The molecular formula is C22H26N6. The van der Waals surface area contributed by atoms with Crippen molar-refractivity contribution in [3.05, 3.63) is 71.5 Å². The number of hydrogen-bond donors (Lipinski definition) is 1. The Kier molecular flexibility index (Phi) is 5.37. The van der Waals surface area contributed by atoms with E-state index in [1.807, 2.05) is 25.3 Å². The Labute approximate surface area is 166 Å². The summed E-state index contributed by atoms with van der Waals surface area (Å²) in [6.07, 6.45) is 1.85. The van der Waals surface area contributed by atoms with E-state index in [0.717, 1.165) is 50.1 Å². The molecule has 6 heteroatoms. The minimum atomic E-state index is 0.686. The topological polar surface area (TPSA) is 57.2 Å². The molecule has 1 aromatic carbocycles. The maximum Gasteiger partial charge on any atom is 0.225 e. The van der Waals surface area contributed by atoms with Crippen LogP contribution >= 0.6 is 0 Å². The molecule has 2 aromatic heterocycles. The molecule has 0 bridgehead atoms. The van der Waals surface area contributed by atoms with E-state index in [9.17, 15) is 0 Å². The third-order valence-corrected chi connectivity index (χ3v) is 5.12. The Balaban J connectivity index is 1.42. The monoisotopic (exact) mass is 374 g/mol. The third kappa shape index (κ3) is 4.22. The Morgan fingerprint density at radius 2 is 1.57 bits per heavy atom. The van der Waals surface area contributed by atoms with Gasteiger partial charge in [0.05, 0.1) is 0 Å². The van der Waals surface area contributed by atoms with Crippen LogP contribution in [0.15, 0.2) is 54.7 Å². The van der Waals surface area contributed by atoms with Crippen LogP contribution in [0.1, 0.15) is 16.8 Å². The van der Waals surface area contributed by atoms with E-state index in [2.05, 4.69) is 68.4 Å². The van der Waals surface area contributed by atoms with Crippen molar-refractivity contribution in [3.8, 4) is 0 Å². The highest BCUT2D eigenvalue weighted by molar-refractivity contribution is 5.48. The highest BCUT2D eigenvalue weighted by Crippen LogP contribution is 2.20. The molecule has 28 heavy (non-hydrogen) atoms. The van der Waals surface area contributed by atoms with Crippen LogP contribution in [0.2, 0.25) is 0 Å². The van der Waals surface area contributed by atoms with Crippen molar-refractivity contribution in [3.63, 3.8) is 0 Å². The van der Waals surface area contributed by atoms with Gasteiger partial charge in [-0.05, 0) is 37.1 Å². The van der Waals surface area contributed by atoms with Gasteiger partial charge in [0.25, 0.3) is 0 Å². The lowest BCUT2D eigenvalue weighted by molar-refractivity contribution is 0.641. The molecule has 3 heterocycles. The fourth-order valence-electron chi connectivity index (χ4n) is 3.48. The van der Waals surface area contributed by atoms with Gasteiger partial charge in [0.15, 0.2) is 0 Å². The number of nitrogens with one attached hydrogen (secondary N) is 1. The van der Waals surface area contributed by atoms with E-state index in [4.69, 9.17) is 4.98 Å². The number of hydrogen-bond acceptors (Lipinski definition) is 6. The van der Waals surface area contributed by atoms with Gasteiger partial charge in [-0.2, -0.15) is 4.98 Å². The van der Waals surface area contributed by atoms with Crippen LogP contribution in [0.25, 0.3) is 0 Å². The fraction of sp³-hybridized carbons (Fsp3) is 0.318. The average molecular weight is 374 g/mol. The zero-order valence-electron chi connectivity index (χ0n) is 16.5. The second-order valence-corrected chi connectivity index (χ2v) is 7.13. The molecule has 0 radical (unpaired) electrons. The molecule has 0 saturated carbocycles. The zero-order chi connectivity index (χ0) is 19.3. The third-order valence-electron chi connectivity index (χ3n) is 5.12. The molecule has 0 unspecified atom stereocenters. The Hall–Kier alpha value is -3.15. The molecule has 1 aliphatic heterocycles. The van der Waals surface area contributed by atoms with Crippen LogP contribution < -0.4 is 15.1 Å². The molecule has 0 amide bonds. The van der Waals surface area contributed by atoms with Crippen LogP contribution in [-0.4, -0.2) is 41.1 Å². The van der Waals surface area contributed by atoms with Gasteiger partial charge in [0.1, 0.15) is 11.6 Å². The van der Waals surface area contributed by atoms with Crippen LogP contribution in [0.3, 0.4) is 0 Å². The molecule has 0 aliphatic carbocycles. The molecule has 0 atom stereocenters. The molecule has 144 valence electrons. The smallest absolute Gasteiger partial charge is 0.225 e. The van der Waals surface area contributed by atoms with Gasteiger partial charge in [-0.25, -0.2) is 9.97 Å². The zero-order valence-corrected chi connectivity index (χ0v) is 16.5. The molecule has 1 aliphatic rings. The maximum atomic E-state index is 4.77. The first-order valence-corrected chi connectivity index (χ1v) is 9.74.